The van der Waals surface area contributed by atoms with Crippen LogP contribution in [-0.4, -0.2) is 62.2 Å². The highest BCUT2D eigenvalue weighted by atomic mass is 32.2. The molecule has 3 aliphatic rings. The first-order valence-electron chi connectivity index (χ1n) is 12.0. The Labute approximate surface area is 205 Å². The third-order valence-corrected chi connectivity index (χ3v) is 9.40. The minimum absolute atomic E-state index is 0.0435. The van der Waals surface area contributed by atoms with Crippen LogP contribution in [-0.2, 0) is 14.8 Å². The molecule has 1 aliphatic carbocycles. The molecule has 34 heavy (non-hydrogen) atoms. The van der Waals surface area contributed by atoms with E-state index in [0.29, 0.717) is 32.2 Å². The summed E-state index contributed by atoms with van der Waals surface area (Å²) in [6, 6.07) is 11.7. The first-order valence-corrected chi connectivity index (χ1v) is 14.4. The Kier molecular flexibility index (Phi) is 7.10. The topological polar surface area (TPSA) is 103 Å². The zero-order valence-electron chi connectivity index (χ0n) is 19.1. The summed E-state index contributed by atoms with van der Waals surface area (Å²) in [4.78, 5) is 20.0. The number of anilines is 1. The number of thioether (sulfide) groups is 1. The quantitative estimate of drug-likeness (QED) is 0.579. The van der Waals surface area contributed by atoms with Crippen molar-refractivity contribution < 1.29 is 13.2 Å². The Morgan fingerprint density at radius 2 is 1.91 bits per heavy atom. The normalized spacial score (nSPS) is 25.3. The highest BCUT2D eigenvalue weighted by Crippen LogP contribution is 2.33. The number of aromatic nitrogens is 1. The Bertz CT molecular complexity index is 1120. The maximum absolute atomic E-state index is 13.4. The molecular formula is C24H31N5O3S2. The molecule has 3 N–H and O–H groups in total. The van der Waals surface area contributed by atoms with Crippen molar-refractivity contribution in [1.82, 2.24) is 19.9 Å². The molecular weight excluding hydrogens is 470 g/mol. The van der Waals surface area contributed by atoms with Crippen LogP contribution >= 0.6 is 11.8 Å². The van der Waals surface area contributed by atoms with Crippen LogP contribution in [0.4, 0.5) is 5.69 Å². The first-order chi connectivity index (χ1) is 16.5. The van der Waals surface area contributed by atoms with Crippen molar-refractivity contribution in [1.29, 1.82) is 0 Å². The van der Waals surface area contributed by atoms with E-state index in [1.807, 2.05) is 23.1 Å². The smallest absolute Gasteiger partial charge is 0.242 e. The van der Waals surface area contributed by atoms with Crippen molar-refractivity contribution in [3.63, 3.8) is 0 Å². The van der Waals surface area contributed by atoms with Gasteiger partial charge in [0.05, 0.1) is 11.7 Å². The molecule has 5 rings (SSSR count). The van der Waals surface area contributed by atoms with E-state index in [-0.39, 0.29) is 28.8 Å². The summed E-state index contributed by atoms with van der Waals surface area (Å²) in [7, 11) is -3.66. The molecule has 8 nitrogen and oxygen atoms in total. The van der Waals surface area contributed by atoms with Crippen molar-refractivity contribution in [2.24, 2.45) is 5.92 Å². The predicted molar refractivity (Wildman–Crippen MR) is 133 cm³/mol. The third kappa shape index (κ3) is 5.10. The molecule has 1 aromatic heterocycles. The lowest BCUT2D eigenvalue weighted by Crippen LogP contribution is -2.51. The Morgan fingerprint density at radius 3 is 2.71 bits per heavy atom. The fraction of sp³-hybridized carbons (Fsp3) is 0.500. The number of carbonyl (C=O) groups is 1. The van der Waals surface area contributed by atoms with Crippen LogP contribution in [0.25, 0.3) is 0 Å². The van der Waals surface area contributed by atoms with E-state index in [0.717, 1.165) is 41.7 Å². The molecule has 2 fully saturated rings. The van der Waals surface area contributed by atoms with E-state index >= 15 is 0 Å². The Hall–Kier alpha value is -2.14. The van der Waals surface area contributed by atoms with Crippen LogP contribution in [0.3, 0.4) is 0 Å². The maximum atomic E-state index is 13.4. The van der Waals surface area contributed by atoms with Gasteiger partial charge in [-0.2, -0.15) is 0 Å². The molecule has 10 heteroatoms. The van der Waals surface area contributed by atoms with Crippen LogP contribution in [0.5, 0.6) is 0 Å². The summed E-state index contributed by atoms with van der Waals surface area (Å²) in [5, 5.41) is 7.47. The summed E-state index contributed by atoms with van der Waals surface area (Å²) in [5.41, 5.74) is 1.92. The van der Waals surface area contributed by atoms with Crippen LogP contribution in [0, 0.1) is 5.92 Å². The van der Waals surface area contributed by atoms with Crippen LogP contribution < -0.4 is 15.4 Å². The van der Waals surface area contributed by atoms with Gasteiger partial charge in [0.2, 0.25) is 15.9 Å². The molecule has 1 unspecified atom stereocenters. The number of hydrogen-bond donors (Lipinski definition) is 3. The average molecular weight is 502 g/mol. The number of nitrogens with one attached hydrogen (secondary N) is 3. The Morgan fingerprint density at radius 1 is 1.12 bits per heavy atom. The van der Waals surface area contributed by atoms with E-state index in [1.54, 1.807) is 17.8 Å². The standard InChI is InChI=1S/C24H31N5O3S2/c30-24(29-12-10-25-16-22(29)17-4-2-1-3-5-17)18-6-8-19(9-7-18)28-34(31,32)20-14-21-23(27-15-20)33-13-11-26-21/h1-5,14-15,18-19,22,25-26,28H,6-13,16H2. The van der Waals surface area contributed by atoms with Crippen LogP contribution in [0.15, 0.2) is 52.5 Å². The molecule has 2 aromatic rings. The molecule has 1 saturated heterocycles. The molecule has 2 aliphatic heterocycles. The van der Waals surface area contributed by atoms with E-state index in [2.05, 4.69) is 32.5 Å². The van der Waals surface area contributed by atoms with Gasteiger partial charge in [-0.15, -0.1) is 11.8 Å². The maximum Gasteiger partial charge on any atom is 0.242 e. The highest BCUT2D eigenvalue weighted by Gasteiger charge is 2.35. The number of benzene rings is 1. The van der Waals surface area contributed by atoms with Crippen molar-refractivity contribution in [2.45, 2.75) is 47.7 Å². The number of amides is 1. The number of piperazine rings is 1. The molecule has 1 saturated carbocycles. The Balaban J connectivity index is 1.20. The molecule has 3 heterocycles. The van der Waals surface area contributed by atoms with Gasteiger partial charge < -0.3 is 15.5 Å². The number of pyridine rings is 1. The molecule has 0 spiro atoms. The first kappa shape index (κ1) is 23.6. The number of sulfonamides is 1. The van der Waals surface area contributed by atoms with Crippen molar-refractivity contribution in [3.8, 4) is 0 Å². The summed E-state index contributed by atoms with van der Waals surface area (Å²) in [6.45, 7) is 3.05. The number of carbonyl (C=O) groups excluding carboxylic acids is 1. The van der Waals surface area contributed by atoms with E-state index in [9.17, 15) is 13.2 Å². The second-order valence-corrected chi connectivity index (χ2v) is 11.9. The van der Waals surface area contributed by atoms with Gasteiger partial charge in [-0.3, -0.25) is 4.79 Å². The number of rotatable bonds is 5. The fourth-order valence-corrected chi connectivity index (χ4v) is 7.16. The number of hydrogen-bond acceptors (Lipinski definition) is 7. The van der Waals surface area contributed by atoms with E-state index in [4.69, 9.17) is 0 Å². The lowest BCUT2D eigenvalue weighted by molar-refractivity contribution is -0.140. The zero-order chi connectivity index (χ0) is 23.5. The summed E-state index contributed by atoms with van der Waals surface area (Å²) >= 11 is 1.63. The largest absolute Gasteiger partial charge is 0.382 e. The SMILES string of the molecule is O=C(C1CCC(NS(=O)(=O)c2cnc3c(c2)NCCS3)CC1)N1CCNCC1c1ccccc1. The molecule has 1 atom stereocenters. The highest BCUT2D eigenvalue weighted by molar-refractivity contribution is 7.99. The van der Waals surface area contributed by atoms with Gasteiger partial charge in [0.15, 0.2) is 0 Å². The molecule has 1 amide bonds. The minimum Gasteiger partial charge on any atom is -0.382 e. The van der Waals surface area contributed by atoms with Gasteiger partial charge in [-0.25, -0.2) is 18.1 Å². The average Bonchev–Trinajstić information content (AvgIpc) is 2.89. The predicted octanol–water partition coefficient (Wildman–Crippen LogP) is 2.61. The van der Waals surface area contributed by atoms with E-state index in [1.165, 1.54) is 6.20 Å². The van der Waals surface area contributed by atoms with Gasteiger partial charge in [0.1, 0.15) is 9.92 Å². The molecule has 0 radical (unpaired) electrons. The van der Waals surface area contributed by atoms with Gasteiger partial charge in [0, 0.05) is 50.1 Å². The number of fused-ring (bicyclic) bond motifs is 1. The summed E-state index contributed by atoms with van der Waals surface area (Å²) in [5.74, 6) is 1.06. The second kappa shape index (κ2) is 10.2. The van der Waals surface area contributed by atoms with Gasteiger partial charge >= 0.3 is 0 Å². The zero-order valence-corrected chi connectivity index (χ0v) is 20.7. The summed E-state index contributed by atoms with van der Waals surface area (Å²) < 4.78 is 28.8. The minimum atomic E-state index is -3.66. The second-order valence-electron chi connectivity index (χ2n) is 9.13. The van der Waals surface area contributed by atoms with Gasteiger partial charge in [-0.1, -0.05) is 30.3 Å². The molecule has 0 bridgehead atoms. The van der Waals surface area contributed by atoms with Crippen molar-refractivity contribution >= 4 is 33.4 Å². The van der Waals surface area contributed by atoms with Crippen LogP contribution in [0.1, 0.15) is 37.3 Å². The summed E-state index contributed by atoms with van der Waals surface area (Å²) in [6.07, 6.45) is 4.13. The van der Waals surface area contributed by atoms with Gasteiger partial charge in [-0.05, 0) is 37.3 Å². The van der Waals surface area contributed by atoms with E-state index < -0.39 is 10.0 Å². The fourth-order valence-electron chi connectivity index (χ4n) is 5.08. The van der Waals surface area contributed by atoms with Crippen molar-refractivity contribution in [3.05, 3.63) is 48.2 Å². The molecule has 1 aromatic carbocycles. The number of nitrogens with zero attached hydrogens (tertiary/aromatic N) is 2. The molecule has 182 valence electrons. The lowest BCUT2D eigenvalue weighted by atomic mass is 9.85. The monoisotopic (exact) mass is 501 g/mol. The van der Waals surface area contributed by atoms with Crippen LogP contribution in [0.2, 0.25) is 0 Å². The lowest BCUT2D eigenvalue weighted by Gasteiger charge is -2.40. The third-order valence-electron chi connectivity index (χ3n) is 6.90. The van der Waals surface area contributed by atoms with Crippen molar-refractivity contribution in [2.75, 3.05) is 37.2 Å². The van der Waals surface area contributed by atoms with Gasteiger partial charge in [0.25, 0.3) is 0 Å².